The van der Waals surface area contributed by atoms with Crippen LogP contribution in [0.3, 0.4) is 0 Å². The first kappa shape index (κ1) is 14.4. The van der Waals surface area contributed by atoms with Crippen LogP contribution in [0.1, 0.15) is 18.5 Å². The van der Waals surface area contributed by atoms with Gasteiger partial charge < -0.3 is 14.8 Å². The Labute approximate surface area is 120 Å². The first-order valence-corrected chi connectivity index (χ1v) is 6.70. The summed E-state index contributed by atoms with van der Waals surface area (Å²) in [5.74, 6) is 1.52. The number of para-hydroxylation sites is 1. The summed E-state index contributed by atoms with van der Waals surface area (Å²) in [5.41, 5.74) is 3.44. The van der Waals surface area contributed by atoms with E-state index >= 15 is 0 Å². The maximum absolute atomic E-state index is 5.54. The molecule has 0 fully saturated rings. The Morgan fingerprint density at radius 1 is 0.900 bits per heavy atom. The van der Waals surface area contributed by atoms with E-state index in [2.05, 4.69) is 36.5 Å². The highest BCUT2D eigenvalue weighted by atomic mass is 16.5. The predicted octanol–water partition coefficient (Wildman–Crippen LogP) is 3.65. The van der Waals surface area contributed by atoms with E-state index in [1.807, 2.05) is 25.2 Å². The molecule has 3 heteroatoms. The van der Waals surface area contributed by atoms with Gasteiger partial charge in [0.1, 0.15) is 0 Å². The van der Waals surface area contributed by atoms with E-state index in [1.54, 1.807) is 14.2 Å². The zero-order valence-corrected chi connectivity index (χ0v) is 12.4. The number of ether oxygens (including phenoxy) is 2. The lowest BCUT2D eigenvalue weighted by Gasteiger charge is -2.18. The Balaban J connectivity index is 2.63. The van der Waals surface area contributed by atoms with Gasteiger partial charge in [-0.3, -0.25) is 0 Å². The van der Waals surface area contributed by atoms with Crippen LogP contribution >= 0.6 is 0 Å². The van der Waals surface area contributed by atoms with Crippen molar-refractivity contribution in [3.63, 3.8) is 0 Å². The van der Waals surface area contributed by atoms with Gasteiger partial charge in [-0.1, -0.05) is 36.4 Å². The van der Waals surface area contributed by atoms with E-state index in [0.717, 1.165) is 22.6 Å². The summed E-state index contributed by atoms with van der Waals surface area (Å²) in [6, 6.07) is 14.6. The van der Waals surface area contributed by atoms with Gasteiger partial charge in [-0.2, -0.15) is 0 Å². The van der Waals surface area contributed by atoms with Crippen LogP contribution < -0.4 is 14.8 Å². The number of methoxy groups -OCH3 is 2. The molecule has 1 atom stereocenters. The maximum Gasteiger partial charge on any atom is 0.168 e. The molecule has 0 spiro atoms. The van der Waals surface area contributed by atoms with Crippen LogP contribution in [0.25, 0.3) is 11.1 Å². The Morgan fingerprint density at radius 2 is 1.60 bits per heavy atom. The van der Waals surface area contributed by atoms with E-state index in [0.29, 0.717) is 0 Å². The molecule has 0 amide bonds. The number of nitrogens with one attached hydrogen (secondary N) is 1. The smallest absolute Gasteiger partial charge is 0.168 e. The second kappa shape index (κ2) is 6.44. The molecular weight excluding hydrogens is 250 g/mol. The van der Waals surface area contributed by atoms with Crippen molar-refractivity contribution in [3.05, 3.63) is 48.0 Å². The largest absolute Gasteiger partial charge is 0.493 e. The van der Waals surface area contributed by atoms with E-state index < -0.39 is 0 Å². The molecule has 0 radical (unpaired) electrons. The molecule has 106 valence electrons. The van der Waals surface area contributed by atoms with Gasteiger partial charge in [0.15, 0.2) is 11.5 Å². The number of rotatable bonds is 5. The molecule has 3 nitrogen and oxygen atoms in total. The molecule has 0 heterocycles. The minimum absolute atomic E-state index is 0.266. The van der Waals surface area contributed by atoms with Crippen LogP contribution in [0.2, 0.25) is 0 Å². The molecule has 0 aliphatic heterocycles. The molecule has 2 rings (SSSR count). The highest BCUT2D eigenvalue weighted by molar-refractivity contribution is 5.76. The third kappa shape index (κ3) is 2.63. The molecule has 0 bridgehead atoms. The molecule has 20 heavy (non-hydrogen) atoms. The number of benzene rings is 2. The third-order valence-corrected chi connectivity index (χ3v) is 3.55. The van der Waals surface area contributed by atoms with Crippen LogP contribution in [0.15, 0.2) is 42.5 Å². The monoisotopic (exact) mass is 271 g/mol. The van der Waals surface area contributed by atoms with Crippen LogP contribution in [0, 0.1) is 0 Å². The molecule has 2 aromatic rings. The first-order valence-electron chi connectivity index (χ1n) is 6.70. The van der Waals surface area contributed by atoms with Crippen molar-refractivity contribution in [1.82, 2.24) is 5.32 Å². The lowest BCUT2D eigenvalue weighted by atomic mass is 9.95. The average molecular weight is 271 g/mol. The highest BCUT2D eigenvalue weighted by Gasteiger charge is 2.16. The molecule has 0 saturated heterocycles. The molecule has 0 saturated carbocycles. The fourth-order valence-corrected chi connectivity index (χ4v) is 2.37. The van der Waals surface area contributed by atoms with Gasteiger partial charge in [0.25, 0.3) is 0 Å². The third-order valence-electron chi connectivity index (χ3n) is 3.55. The molecule has 0 aliphatic rings. The van der Waals surface area contributed by atoms with Gasteiger partial charge in [0.2, 0.25) is 0 Å². The van der Waals surface area contributed by atoms with E-state index in [1.165, 1.54) is 5.56 Å². The Kier molecular flexibility index (Phi) is 4.64. The van der Waals surface area contributed by atoms with Gasteiger partial charge >= 0.3 is 0 Å². The Hall–Kier alpha value is -2.00. The average Bonchev–Trinajstić information content (AvgIpc) is 2.53. The number of hydrogen-bond donors (Lipinski definition) is 1. The topological polar surface area (TPSA) is 30.5 Å². The highest BCUT2D eigenvalue weighted by Crippen LogP contribution is 2.40. The van der Waals surface area contributed by atoms with Crippen molar-refractivity contribution in [2.45, 2.75) is 13.0 Å². The summed E-state index contributed by atoms with van der Waals surface area (Å²) >= 11 is 0. The predicted molar refractivity (Wildman–Crippen MR) is 82.5 cm³/mol. The van der Waals surface area contributed by atoms with Crippen LogP contribution in [-0.2, 0) is 0 Å². The fourth-order valence-electron chi connectivity index (χ4n) is 2.37. The maximum atomic E-state index is 5.54. The minimum atomic E-state index is 0.266. The molecular formula is C17H21NO2. The van der Waals surface area contributed by atoms with Crippen molar-refractivity contribution in [2.75, 3.05) is 21.3 Å². The second-order valence-corrected chi connectivity index (χ2v) is 4.64. The van der Waals surface area contributed by atoms with Crippen molar-refractivity contribution >= 4 is 0 Å². The van der Waals surface area contributed by atoms with E-state index in [9.17, 15) is 0 Å². The van der Waals surface area contributed by atoms with Gasteiger partial charge in [0.05, 0.1) is 14.2 Å². The van der Waals surface area contributed by atoms with Crippen LogP contribution in [0.5, 0.6) is 11.5 Å². The lowest BCUT2D eigenvalue weighted by molar-refractivity contribution is 0.356. The van der Waals surface area contributed by atoms with Crippen LogP contribution in [-0.4, -0.2) is 21.3 Å². The fraction of sp³-hybridized carbons (Fsp3) is 0.294. The Bertz CT molecular complexity index is 581. The number of hydrogen-bond acceptors (Lipinski definition) is 3. The van der Waals surface area contributed by atoms with Crippen molar-refractivity contribution in [2.24, 2.45) is 0 Å². The van der Waals surface area contributed by atoms with Gasteiger partial charge in [-0.25, -0.2) is 0 Å². The molecule has 1 unspecified atom stereocenters. The van der Waals surface area contributed by atoms with Crippen molar-refractivity contribution in [3.8, 4) is 22.6 Å². The summed E-state index contributed by atoms with van der Waals surface area (Å²) in [7, 11) is 5.29. The SMILES string of the molecule is CNC(C)c1ccccc1-c1cccc(OC)c1OC. The lowest BCUT2D eigenvalue weighted by Crippen LogP contribution is -2.13. The zero-order valence-electron chi connectivity index (χ0n) is 12.4. The van der Waals surface area contributed by atoms with Crippen molar-refractivity contribution in [1.29, 1.82) is 0 Å². The van der Waals surface area contributed by atoms with Gasteiger partial charge in [-0.05, 0) is 31.2 Å². The Morgan fingerprint density at radius 3 is 2.25 bits per heavy atom. The molecule has 1 N–H and O–H groups in total. The summed E-state index contributed by atoms with van der Waals surface area (Å²) in [6.07, 6.45) is 0. The van der Waals surface area contributed by atoms with E-state index in [4.69, 9.17) is 9.47 Å². The van der Waals surface area contributed by atoms with Crippen LogP contribution in [0.4, 0.5) is 0 Å². The standard InChI is InChI=1S/C17H21NO2/c1-12(18-2)13-8-5-6-9-14(13)15-10-7-11-16(19-3)17(15)20-4/h5-12,18H,1-4H3. The quantitative estimate of drug-likeness (QED) is 0.900. The minimum Gasteiger partial charge on any atom is -0.493 e. The summed E-state index contributed by atoms with van der Waals surface area (Å²) in [5, 5.41) is 3.29. The summed E-state index contributed by atoms with van der Waals surface area (Å²) in [4.78, 5) is 0. The normalized spacial score (nSPS) is 12.0. The second-order valence-electron chi connectivity index (χ2n) is 4.64. The first-order chi connectivity index (χ1) is 9.72. The van der Waals surface area contributed by atoms with Gasteiger partial charge in [-0.15, -0.1) is 0 Å². The molecule has 0 aliphatic carbocycles. The van der Waals surface area contributed by atoms with Crippen molar-refractivity contribution < 1.29 is 9.47 Å². The molecule has 2 aromatic carbocycles. The summed E-state index contributed by atoms with van der Waals surface area (Å²) < 4.78 is 10.9. The molecule has 0 aromatic heterocycles. The zero-order chi connectivity index (χ0) is 14.5. The van der Waals surface area contributed by atoms with E-state index in [-0.39, 0.29) is 6.04 Å². The van der Waals surface area contributed by atoms with Gasteiger partial charge in [0, 0.05) is 11.6 Å². The summed E-state index contributed by atoms with van der Waals surface area (Å²) in [6.45, 7) is 2.14.